The molecule has 1 unspecified atom stereocenters. The fraction of sp³-hybridized carbons (Fsp3) is 0.267. The van der Waals surface area contributed by atoms with Gasteiger partial charge in [-0.25, -0.2) is 9.78 Å². The molecule has 0 radical (unpaired) electrons. The molecule has 1 aliphatic rings. The smallest absolute Gasteiger partial charge is 0.335 e. The number of benzene rings is 1. The molecule has 38 heavy (non-hydrogen) atoms. The van der Waals surface area contributed by atoms with Crippen LogP contribution in [0.15, 0.2) is 65.6 Å². The second kappa shape index (κ2) is 9.45. The highest BCUT2D eigenvalue weighted by Crippen LogP contribution is 2.41. The van der Waals surface area contributed by atoms with Crippen molar-refractivity contribution in [1.29, 1.82) is 0 Å². The number of hydrogen-bond donors (Lipinski definition) is 1. The third kappa shape index (κ3) is 4.12. The van der Waals surface area contributed by atoms with E-state index >= 15 is 0 Å². The summed E-state index contributed by atoms with van der Waals surface area (Å²) in [5.41, 5.74) is 6.27. The van der Waals surface area contributed by atoms with Crippen molar-refractivity contribution in [1.82, 2.24) is 19.7 Å². The van der Waals surface area contributed by atoms with E-state index in [1.807, 2.05) is 44.3 Å². The SMILES string of the molecule is Cc1noc(C)c1-c1cnc2c(c1)c(-c1ccc(C(=O)O)cc1OC1CCC1)cn2C(C)c1ccccn1. The molecular weight excluding hydrogens is 480 g/mol. The third-order valence-electron chi connectivity index (χ3n) is 7.39. The molecule has 0 bridgehead atoms. The van der Waals surface area contributed by atoms with E-state index in [9.17, 15) is 9.90 Å². The number of ether oxygens (including phenoxy) is 1. The van der Waals surface area contributed by atoms with Gasteiger partial charge in [-0.1, -0.05) is 11.2 Å². The standard InChI is InChI=1S/C30H28N4O4/c1-17-28(19(3)38-33-17)21-13-24-25(16-34(29(24)32-15-21)18(2)26-9-4-5-12-31-26)23-11-10-20(30(35)36)14-27(23)37-22-7-6-8-22/h4-5,9-16,18,22H,6-8H2,1-3H3,(H,35,36). The molecule has 1 N–H and O–H groups in total. The summed E-state index contributed by atoms with van der Waals surface area (Å²) in [5.74, 6) is 0.316. The van der Waals surface area contributed by atoms with Crippen LogP contribution in [-0.2, 0) is 0 Å². The molecule has 6 rings (SSSR count). The largest absolute Gasteiger partial charge is 0.490 e. The number of pyridine rings is 2. The first-order valence-electron chi connectivity index (χ1n) is 12.8. The molecule has 8 nitrogen and oxygen atoms in total. The van der Waals surface area contributed by atoms with E-state index in [4.69, 9.17) is 14.2 Å². The quantitative estimate of drug-likeness (QED) is 0.264. The zero-order valence-electron chi connectivity index (χ0n) is 21.5. The highest BCUT2D eigenvalue weighted by Gasteiger charge is 2.25. The number of carboxylic acid groups (broad SMARTS) is 1. The number of carboxylic acids is 1. The molecule has 1 fully saturated rings. The lowest BCUT2D eigenvalue weighted by atomic mass is 9.95. The van der Waals surface area contributed by atoms with E-state index in [1.165, 1.54) is 0 Å². The van der Waals surface area contributed by atoms with Crippen molar-refractivity contribution in [2.45, 2.75) is 52.2 Å². The third-order valence-corrected chi connectivity index (χ3v) is 7.39. The number of rotatable bonds is 7. The normalized spacial score (nSPS) is 14.4. The summed E-state index contributed by atoms with van der Waals surface area (Å²) in [4.78, 5) is 21.3. The summed E-state index contributed by atoms with van der Waals surface area (Å²) in [7, 11) is 0. The highest BCUT2D eigenvalue weighted by molar-refractivity contribution is 5.99. The van der Waals surface area contributed by atoms with Crippen LogP contribution in [0.4, 0.5) is 0 Å². The molecule has 1 aromatic carbocycles. The molecule has 0 amide bonds. The van der Waals surface area contributed by atoms with Crippen LogP contribution >= 0.6 is 0 Å². The molecule has 1 saturated carbocycles. The summed E-state index contributed by atoms with van der Waals surface area (Å²) < 4.78 is 13.9. The summed E-state index contributed by atoms with van der Waals surface area (Å²) in [5, 5.41) is 14.7. The van der Waals surface area contributed by atoms with Crippen molar-refractivity contribution in [3.05, 3.63) is 83.8 Å². The molecule has 5 aromatic rings. The minimum absolute atomic E-state index is 0.0841. The van der Waals surface area contributed by atoms with E-state index in [-0.39, 0.29) is 17.7 Å². The molecule has 0 saturated heterocycles. The van der Waals surface area contributed by atoms with Gasteiger partial charge in [0.15, 0.2) is 0 Å². The molecule has 1 atom stereocenters. The van der Waals surface area contributed by atoms with Crippen LogP contribution < -0.4 is 4.74 Å². The number of fused-ring (bicyclic) bond motifs is 1. The minimum Gasteiger partial charge on any atom is -0.490 e. The maximum atomic E-state index is 11.8. The van der Waals surface area contributed by atoms with E-state index in [2.05, 4.69) is 33.9 Å². The summed E-state index contributed by atoms with van der Waals surface area (Å²) in [6, 6.07) is 13.0. The Hall–Kier alpha value is -4.46. The van der Waals surface area contributed by atoms with Crippen molar-refractivity contribution in [3.63, 3.8) is 0 Å². The van der Waals surface area contributed by atoms with Crippen molar-refractivity contribution >= 4 is 17.0 Å². The lowest BCUT2D eigenvalue weighted by Gasteiger charge is -2.27. The van der Waals surface area contributed by atoms with Crippen molar-refractivity contribution < 1.29 is 19.2 Å². The Kier molecular flexibility index (Phi) is 5.94. The number of aryl methyl sites for hydroxylation is 2. The van der Waals surface area contributed by atoms with Gasteiger partial charge in [-0.3, -0.25) is 4.98 Å². The zero-order valence-corrected chi connectivity index (χ0v) is 21.5. The van der Waals surface area contributed by atoms with Crippen LogP contribution in [0.2, 0.25) is 0 Å². The first-order valence-corrected chi connectivity index (χ1v) is 12.8. The second-order valence-electron chi connectivity index (χ2n) is 9.86. The number of carbonyl (C=O) groups is 1. The van der Waals surface area contributed by atoms with Gasteiger partial charge in [-0.2, -0.15) is 0 Å². The topological polar surface area (TPSA) is 103 Å². The van der Waals surface area contributed by atoms with Crippen LogP contribution in [0, 0.1) is 13.8 Å². The molecule has 8 heteroatoms. The predicted molar refractivity (Wildman–Crippen MR) is 143 cm³/mol. The number of nitrogens with zero attached hydrogens (tertiary/aromatic N) is 4. The van der Waals surface area contributed by atoms with Gasteiger partial charge in [-0.15, -0.1) is 0 Å². The first kappa shape index (κ1) is 23.9. The van der Waals surface area contributed by atoms with Gasteiger partial charge in [0, 0.05) is 46.2 Å². The molecule has 4 heterocycles. The van der Waals surface area contributed by atoms with Crippen LogP contribution in [0.25, 0.3) is 33.3 Å². The van der Waals surface area contributed by atoms with Crippen molar-refractivity contribution in [3.8, 4) is 28.0 Å². The van der Waals surface area contributed by atoms with E-state index in [0.717, 1.165) is 69.7 Å². The van der Waals surface area contributed by atoms with E-state index < -0.39 is 5.97 Å². The Morgan fingerprint density at radius 3 is 2.63 bits per heavy atom. The van der Waals surface area contributed by atoms with Gasteiger partial charge < -0.3 is 18.9 Å². The lowest BCUT2D eigenvalue weighted by molar-refractivity contribution is 0.0695. The molecule has 1 aliphatic carbocycles. The Labute approximate surface area is 219 Å². The summed E-state index contributed by atoms with van der Waals surface area (Å²) >= 11 is 0. The van der Waals surface area contributed by atoms with Crippen LogP contribution in [0.3, 0.4) is 0 Å². The van der Waals surface area contributed by atoms with E-state index in [1.54, 1.807) is 18.3 Å². The summed E-state index contributed by atoms with van der Waals surface area (Å²) in [6.07, 6.45) is 8.84. The predicted octanol–water partition coefficient (Wildman–Crippen LogP) is 6.61. The number of aromatic nitrogens is 4. The molecule has 4 aromatic heterocycles. The zero-order chi connectivity index (χ0) is 26.4. The van der Waals surface area contributed by atoms with Gasteiger partial charge in [0.2, 0.25) is 0 Å². The molecular formula is C30H28N4O4. The molecule has 0 spiro atoms. The number of aromatic carboxylic acids is 1. The first-order chi connectivity index (χ1) is 18.4. The van der Waals surface area contributed by atoms with Crippen LogP contribution in [0.5, 0.6) is 5.75 Å². The van der Waals surface area contributed by atoms with Gasteiger partial charge >= 0.3 is 5.97 Å². The van der Waals surface area contributed by atoms with Gasteiger partial charge in [0.25, 0.3) is 0 Å². The average Bonchev–Trinajstić information content (AvgIpc) is 3.45. The summed E-state index contributed by atoms with van der Waals surface area (Å²) in [6.45, 7) is 5.90. The Balaban J connectivity index is 1.58. The molecule has 192 valence electrons. The van der Waals surface area contributed by atoms with Crippen LogP contribution in [-0.4, -0.2) is 36.9 Å². The maximum absolute atomic E-state index is 11.8. The van der Waals surface area contributed by atoms with Crippen molar-refractivity contribution in [2.24, 2.45) is 0 Å². The Bertz CT molecular complexity index is 1630. The fourth-order valence-electron chi connectivity index (χ4n) is 5.08. The Morgan fingerprint density at radius 2 is 1.97 bits per heavy atom. The monoisotopic (exact) mass is 508 g/mol. The average molecular weight is 509 g/mol. The number of hydrogen-bond acceptors (Lipinski definition) is 6. The second-order valence-corrected chi connectivity index (χ2v) is 9.86. The Morgan fingerprint density at radius 1 is 1.13 bits per heavy atom. The van der Waals surface area contributed by atoms with E-state index in [0.29, 0.717) is 5.75 Å². The van der Waals surface area contributed by atoms with Gasteiger partial charge in [-0.05, 0) is 76.4 Å². The minimum atomic E-state index is -0.983. The molecule has 0 aliphatic heterocycles. The lowest BCUT2D eigenvalue weighted by Crippen LogP contribution is -2.24. The van der Waals surface area contributed by atoms with Gasteiger partial charge in [0.1, 0.15) is 17.2 Å². The van der Waals surface area contributed by atoms with Crippen molar-refractivity contribution in [2.75, 3.05) is 0 Å². The van der Waals surface area contributed by atoms with Gasteiger partial charge in [0.05, 0.1) is 29.1 Å². The highest BCUT2D eigenvalue weighted by atomic mass is 16.5. The fourth-order valence-corrected chi connectivity index (χ4v) is 5.08. The maximum Gasteiger partial charge on any atom is 0.335 e. The van der Waals surface area contributed by atoms with Crippen LogP contribution in [0.1, 0.15) is 59.7 Å².